The molecule has 4 N–H and O–H groups in total. The van der Waals surface area contributed by atoms with Crippen LogP contribution in [0, 0.1) is 17.8 Å². The molecule has 1 heterocycles. The fourth-order valence-electron chi connectivity index (χ4n) is 3.04. The zero-order valence-corrected chi connectivity index (χ0v) is 15.3. The highest BCUT2D eigenvalue weighted by molar-refractivity contribution is 6.31. The zero-order valence-electron chi connectivity index (χ0n) is 14.5. The molecule has 0 amide bonds. The van der Waals surface area contributed by atoms with Crippen LogP contribution >= 0.6 is 11.6 Å². The van der Waals surface area contributed by atoms with Crippen molar-refractivity contribution >= 4 is 23.4 Å². The average molecular weight is 373 g/mol. The lowest BCUT2D eigenvalue weighted by atomic mass is 10.1. The summed E-state index contributed by atoms with van der Waals surface area (Å²) in [4.78, 5) is 8.28. The second-order valence-corrected chi connectivity index (χ2v) is 6.64. The van der Waals surface area contributed by atoms with E-state index in [0.717, 1.165) is 30.6 Å². The Kier molecular flexibility index (Phi) is 5.82. The highest BCUT2D eigenvalue weighted by Crippen LogP contribution is 2.29. The Morgan fingerprint density at radius 2 is 2.04 bits per heavy atom. The minimum absolute atomic E-state index is 0.101. The van der Waals surface area contributed by atoms with Gasteiger partial charge in [-0.3, -0.25) is 0 Å². The van der Waals surface area contributed by atoms with Gasteiger partial charge in [-0.25, -0.2) is 0 Å². The first-order valence-electron chi connectivity index (χ1n) is 8.45. The molecule has 0 radical (unpaired) electrons. The van der Waals surface area contributed by atoms with Crippen LogP contribution in [0.25, 0.3) is 0 Å². The second kappa shape index (κ2) is 8.26. The van der Waals surface area contributed by atoms with E-state index < -0.39 is 0 Å². The molecule has 6 nitrogen and oxygen atoms in total. The van der Waals surface area contributed by atoms with Gasteiger partial charge in [0.15, 0.2) is 5.15 Å². The van der Waals surface area contributed by atoms with Crippen LogP contribution in [-0.4, -0.2) is 34.8 Å². The number of ether oxygens (including phenoxy) is 1. The zero-order chi connectivity index (χ0) is 18.5. The van der Waals surface area contributed by atoms with Crippen molar-refractivity contribution in [2.75, 3.05) is 24.8 Å². The first kappa shape index (κ1) is 18.3. The fourth-order valence-corrected chi connectivity index (χ4v) is 3.26. The van der Waals surface area contributed by atoms with Crippen molar-refractivity contribution in [3.63, 3.8) is 0 Å². The number of rotatable bonds is 4. The van der Waals surface area contributed by atoms with E-state index in [1.165, 1.54) is 0 Å². The number of anilines is 2. The molecule has 0 spiro atoms. The van der Waals surface area contributed by atoms with E-state index in [1.54, 1.807) is 7.11 Å². The standard InChI is InChI=1S/C19H21ClN4O2/c1-26-15-7-3-12(4-8-15)5-9-16-17(20)23-19(21)24-18(16)22-14-6-2-13(10-14)11-25/h3-4,7-8,13-14,25H,2,6,10-11H2,1H3,(H3,21,22,23,24)/t13-,14+/m1/s1. The van der Waals surface area contributed by atoms with Crippen molar-refractivity contribution in [3.8, 4) is 17.6 Å². The van der Waals surface area contributed by atoms with E-state index in [0.29, 0.717) is 17.3 Å². The Balaban J connectivity index is 1.85. The van der Waals surface area contributed by atoms with Gasteiger partial charge in [-0.15, -0.1) is 0 Å². The van der Waals surface area contributed by atoms with Gasteiger partial charge in [0.1, 0.15) is 17.1 Å². The molecule has 1 aromatic carbocycles. The summed E-state index contributed by atoms with van der Waals surface area (Å²) in [6, 6.07) is 7.64. The Labute approximate surface area is 157 Å². The summed E-state index contributed by atoms with van der Waals surface area (Å²) in [6.07, 6.45) is 2.82. The Morgan fingerprint density at radius 3 is 2.69 bits per heavy atom. The molecule has 136 valence electrons. The number of halogens is 1. The van der Waals surface area contributed by atoms with Crippen molar-refractivity contribution in [2.24, 2.45) is 5.92 Å². The lowest BCUT2D eigenvalue weighted by Crippen LogP contribution is -2.19. The van der Waals surface area contributed by atoms with Crippen LogP contribution in [0.5, 0.6) is 5.75 Å². The molecule has 0 bridgehead atoms. The molecule has 0 aliphatic heterocycles. The first-order chi connectivity index (χ1) is 12.6. The van der Waals surface area contributed by atoms with E-state index in [4.69, 9.17) is 22.1 Å². The molecule has 1 aliphatic carbocycles. The molecule has 1 aliphatic rings. The molecule has 1 fully saturated rings. The van der Waals surface area contributed by atoms with Gasteiger partial charge in [0.2, 0.25) is 5.95 Å². The number of benzene rings is 1. The summed E-state index contributed by atoms with van der Waals surface area (Å²) in [5.74, 6) is 7.83. The number of hydrogen-bond donors (Lipinski definition) is 3. The third-order valence-corrected chi connectivity index (χ3v) is 4.72. The summed E-state index contributed by atoms with van der Waals surface area (Å²) in [6.45, 7) is 0.203. The quantitative estimate of drug-likeness (QED) is 0.564. The number of nitrogen functional groups attached to an aromatic ring is 1. The number of methoxy groups -OCH3 is 1. The van der Waals surface area contributed by atoms with Gasteiger partial charge in [-0.05, 0) is 49.4 Å². The number of aromatic nitrogens is 2. The summed E-state index contributed by atoms with van der Waals surface area (Å²) < 4.78 is 5.14. The summed E-state index contributed by atoms with van der Waals surface area (Å²) in [7, 11) is 1.62. The van der Waals surface area contributed by atoms with Crippen molar-refractivity contribution in [1.82, 2.24) is 9.97 Å². The maximum atomic E-state index is 9.31. The molecule has 2 atom stereocenters. The molecule has 3 rings (SSSR count). The molecule has 1 saturated carbocycles. The molecular weight excluding hydrogens is 352 g/mol. The van der Waals surface area contributed by atoms with Crippen molar-refractivity contribution in [2.45, 2.75) is 25.3 Å². The first-order valence-corrected chi connectivity index (χ1v) is 8.83. The molecule has 1 aromatic heterocycles. The third-order valence-electron chi connectivity index (χ3n) is 4.44. The van der Waals surface area contributed by atoms with E-state index in [9.17, 15) is 5.11 Å². The van der Waals surface area contributed by atoms with Crippen LogP contribution in [0.3, 0.4) is 0 Å². The van der Waals surface area contributed by atoms with Crippen LogP contribution in [0.4, 0.5) is 11.8 Å². The number of aliphatic hydroxyl groups is 1. The topological polar surface area (TPSA) is 93.3 Å². The number of nitrogens with one attached hydrogen (secondary N) is 1. The van der Waals surface area contributed by atoms with Gasteiger partial charge in [0.05, 0.1) is 7.11 Å². The van der Waals surface area contributed by atoms with Crippen LogP contribution in [-0.2, 0) is 0 Å². The smallest absolute Gasteiger partial charge is 0.223 e. The van der Waals surface area contributed by atoms with E-state index in [1.807, 2.05) is 24.3 Å². The molecule has 0 saturated heterocycles. The maximum Gasteiger partial charge on any atom is 0.223 e. The van der Waals surface area contributed by atoms with Gasteiger partial charge >= 0.3 is 0 Å². The average Bonchev–Trinajstić information content (AvgIpc) is 3.09. The molecular formula is C19H21ClN4O2. The van der Waals surface area contributed by atoms with Gasteiger partial charge in [-0.2, -0.15) is 9.97 Å². The normalized spacial score (nSPS) is 18.9. The largest absolute Gasteiger partial charge is 0.497 e. The summed E-state index contributed by atoms with van der Waals surface area (Å²) in [5.41, 5.74) is 7.09. The van der Waals surface area contributed by atoms with E-state index in [-0.39, 0.29) is 23.8 Å². The van der Waals surface area contributed by atoms with Crippen LogP contribution in [0.15, 0.2) is 24.3 Å². The minimum Gasteiger partial charge on any atom is -0.497 e. The maximum absolute atomic E-state index is 9.31. The highest BCUT2D eigenvalue weighted by Gasteiger charge is 2.25. The SMILES string of the molecule is COc1ccc(C#Cc2c(Cl)nc(N)nc2N[C@H]2CC[C@@H](CO)C2)cc1. The lowest BCUT2D eigenvalue weighted by molar-refractivity contribution is 0.229. The van der Waals surface area contributed by atoms with Crippen molar-refractivity contribution < 1.29 is 9.84 Å². The monoisotopic (exact) mass is 372 g/mol. The third kappa shape index (κ3) is 4.37. The Morgan fingerprint density at radius 1 is 1.27 bits per heavy atom. The number of aliphatic hydroxyl groups excluding tert-OH is 1. The fraction of sp³-hybridized carbons (Fsp3) is 0.368. The number of nitrogens with zero attached hydrogens (tertiary/aromatic N) is 2. The van der Waals surface area contributed by atoms with Gasteiger partial charge in [-0.1, -0.05) is 23.4 Å². The van der Waals surface area contributed by atoms with Crippen LogP contribution in [0.2, 0.25) is 5.15 Å². The van der Waals surface area contributed by atoms with E-state index >= 15 is 0 Å². The van der Waals surface area contributed by atoms with Gasteiger partial charge in [0, 0.05) is 18.2 Å². The molecule has 7 heteroatoms. The number of hydrogen-bond acceptors (Lipinski definition) is 6. The van der Waals surface area contributed by atoms with E-state index in [2.05, 4.69) is 27.1 Å². The Bertz CT molecular complexity index is 830. The minimum atomic E-state index is 0.101. The van der Waals surface area contributed by atoms with Crippen molar-refractivity contribution in [3.05, 3.63) is 40.5 Å². The van der Waals surface area contributed by atoms with Crippen molar-refractivity contribution in [1.29, 1.82) is 0 Å². The summed E-state index contributed by atoms with van der Waals surface area (Å²) in [5, 5.41) is 12.9. The highest BCUT2D eigenvalue weighted by atomic mass is 35.5. The summed E-state index contributed by atoms with van der Waals surface area (Å²) >= 11 is 6.26. The molecule has 2 aromatic rings. The lowest BCUT2D eigenvalue weighted by Gasteiger charge is -2.15. The van der Waals surface area contributed by atoms with Crippen LogP contribution < -0.4 is 15.8 Å². The molecule has 0 unspecified atom stereocenters. The molecule has 26 heavy (non-hydrogen) atoms. The Hall–Kier alpha value is -2.49. The predicted molar refractivity (Wildman–Crippen MR) is 102 cm³/mol. The second-order valence-electron chi connectivity index (χ2n) is 6.28. The number of nitrogens with two attached hydrogens (primary N) is 1. The van der Waals surface area contributed by atoms with Gasteiger partial charge < -0.3 is 20.9 Å². The van der Waals surface area contributed by atoms with Crippen LogP contribution in [0.1, 0.15) is 30.4 Å². The predicted octanol–water partition coefficient (Wildman–Crippen LogP) is 2.69. The van der Waals surface area contributed by atoms with Gasteiger partial charge in [0.25, 0.3) is 0 Å².